The molecule has 1 fully saturated rings. The Hall–Kier alpha value is -3.49. The van der Waals surface area contributed by atoms with Crippen LogP contribution in [0.15, 0.2) is 30.3 Å². The van der Waals surface area contributed by atoms with Crippen LogP contribution in [0, 0.1) is 17.8 Å². The number of nitrogens with one attached hydrogen (secondary N) is 4. The average Bonchev–Trinajstić information content (AvgIpc) is 2.90. The van der Waals surface area contributed by atoms with Gasteiger partial charge in [0.15, 0.2) is 0 Å². The quantitative estimate of drug-likeness (QED) is 0.207. The first-order valence-electron chi connectivity index (χ1n) is 14.3. The largest absolute Gasteiger partial charge is 0.356 e. The smallest absolute Gasteiger partial charge is 0.244 e. The fraction of sp³-hybridized carbons (Fsp3) is 0.581. The van der Waals surface area contributed by atoms with Crippen molar-refractivity contribution in [2.24, 2.45) is 17.8 Å². The van der Waals surface area contributed by atoms with Crippen molar-refractivity contribution in [2.45, 2.75) is 91.3 Å². The molecule has 1 aliphatic heterocycles. The van der Waals surface area contributed by atoms with Crippen LogP contribution in [-0.4, -0.2) is 54.6 Å². The summed E-state index contributed by atoms with van der Waals surface area (Å²) in [5.41, 5.74) is 2.08. The van der Waals surface area contributed by atoms with Gasteiger partial charge in [-0.3, -0.25) is 19.2 Å². The summed E-state index contributed by atoms with van der Waals surface area (Å²) >= 11 is 0. The minimum Gasteiger partial charge on any atom is -0.356 e. The molecule has 1 aromatic rings. The molecule has 1 aromatic carbocycles. The summed E-state index contributed by atoms with van der Waals surface area (Å²) in [5.74, 6) is -1.60. The minimum absolute atomic E-state index is 0.0759. The van der Waals surface area contributed by atoms with E-state index in [-0.39, 0.29) is 30.1 Å². The SMILES string of the molecule is CC(C)C[C@H](NC(=O)[C@@H](NC(=O)/C=C/c1ccc(C(C)C)cc1)C(C)C)C(=O)N[C@H](C=O)C[C@@H]1CCCNC1=O. The Balaban J connectivity index is 2.04. The highest BCUT2D eigenvalue weighted by Crippen LogP contribution is 2.18. The highest BCUT2D eigenvalue weighted by Gasteiger charge is 2.31. The summed E-state index contributed by atoms with van der Waals surface area (Å²) in [6.07, 6.45) is 5.75. The van der Waals surface area contributed by atoms with Crippen LogP contribution in [0.4, 0.5) is 0 Å². The summed E-state index contributed by atoms with van der Waals surface area (Å²) < 4.78 is 0. The van der Waals surface area contributed by atoms with Crippen molar-refractivity contribution in [2.75, 3.05) is 6.54 Å². The normalized spacial score (nSPS) is 17.8. The van der Waals surface area contributed by atoms with Crippen LogP contribution in [0.3, 0.4) is 0 Å². The molecule has 4 atom stereocenters. The maximum absolute atomic E-state index is 13.3. The van der Waals surface area contributed by atoms with Crippen LogP contribution in [-0.2, 0) is 24.0 Å². The fourth-order valence-corrected chi connectivity index (χ4v) is 4.66. The third-order valence-corrected chi connectivity index (χ3v) is 7.05. The van der Waals surface area contributed by atoms with Crippen molar-refractivity contribution in [1.29, 1.82) is 0 Å². The highest BCUT2D eigenvalue weighted by molar-refractivity contribution is 5.97. The Bertz CT molecular complexity index is 1050. The summed E-state index contributed by atoms with van der Waals surface area (Å²) in [5, 5.41) is 11.0. The number of amides is 4. The summed E-state index contributed by atoms with van der Waals surface area (Å²) in [6, 6.07) is 5.31. The van der Waals surface area contributed by atoms with Crippen LogP contribution < -0.4 is 21.3 Å². The molecule has 9 nitrogen and oxygen atoms in total. The molecule has 1 saturated heterocycles. The summed E-state index contributed by atoms with van der Waals surface area (Å²) in [7, 11) is 0. The second-order valence-electron chi connectivity index (χ2n) is 11.7. The Kier molecular flexibility index (Phi) is 13.0. The topological polar surface area (TPSA) is 133 Å². The van der Waals surface area contributed by atoms with E-state index in [4.69, 9.17) is 0 Å². The number of hydrogen-bond acceptors (Lipinski definition) is 5. The monoisotopic (exact) mass is 554 g/mol. The van der Waals surface area contributed by atoms with E-state index < -0.39 is 35.8 Å². The molecule has 1 heterocycles. The first kappa shape index (κ1) is 32.7. The van der Waals surface area contributed by atoms with Gasteiger partial charge in [0.25, 0.3) is 0 Å². The number of piperidine rings is 1. The zero-order chi connectivity index (χ0) is 29.8. The molecule has 9 heteroatoms. The van der Waals surface area contributed by atoms with Gasteiger partial charge >= 0.3 is 0 Å². The van der Waals surface area contributed by atoms with E-state index >= 15 is 0 Å². The fourth-order valence-electron chi connectivity index (χ4n) is 4.66. The van der Waals surface area contributed by atoms with Crippen molar-refractivity contribution < 1.29 is 24.0 Å². The highest BCUT2D eigenvalue weighted by atomic mass is 16.2. The Morgan fingerprint density at radius 1 is 0.975 bits per heavy atom. The first-order chi connectivity index (χ1) is 18.9. The molecule has 0 aliphatic carbocycles. The van der Waals surface area contributed by atoms with E-state index in [0.717, 1.165) is 12.0 Å². The van der Waals surface area contributed by atoms with Gasteiger partial charge in [-0.05, 0) is 60.6 Å². The van der Waals surface area contributed by atoms with Crippen molar-refractivity contribution in [1.82, 2.24) is 21.3 Å². The summed E-state index contributed by atoms with van der Waals surface area (Å²) in [4.78, 5) is 62.9. The third-order valence-electron chi connectivity index (χ3n) is 7.05. The van der Waals surface area contributed by atoms with Gasteiger partial charge in [0, 0.05) is 18.5 Å². The predicted molar refractivity (Wildman–Crippen MR) is 156 cm³/mol. The van der Waals surface area contributed by atoms with Gasteiger partial charge in [0.05, 0.1) is 6.04 Å². The molecule has 2 rings (SSSR count). The van der Waals surface area contributed by atoms with Gasteiger partial charge in [0.1, 0.15) is 18.4 Å². The van der Waals surface area contributed by atoms with Crippen LogP contribution in [0.1, 0.15) is 84.3 Å². The zero-order valence-electron chi connectivity index (χ0n) is 24.7. The van der Waals surface area contributed by atoms with Crippen LogP contribution in [0.5, 0.6) is 0 Å². The molecule has 4 N–H and O–H groups in total. The van der Waals surface area contributed by atoms with Crippen LogP contribution in [0.2, 0.25) is 0 Å². The van der Waals surface area contributed by atoms with Crippen molar-refractivity contribution in [3.05, 3.63) is 41.5 Å². The lowest BCUT2D eigenvalue weighted by atomic mass is 9.91. The van der Waals surface area contributed by atoms with E-state index in [0.29, 0.717) is 31.6 Å². The van der Waals surface area contributed by atoms with Crippen molar-refractivity contribution >= 4 is 36.0 Å². The second-order valence-corrected chi connectivity index (χ2v) is 11.7. The minimum atomic E-state index is -0.900. The van der Waals surface area contributed by atoms with Gasteiger partial charge in [-0.25, -0.2) is 0 Å². The number of aldehydes is 1. The molecule has 40 heavy (non-hydrogen) atoms. The number of rotatable bonds is 14. The van der Waals surface area contributed by atoms with Gasteiger partial charge in [0.2, 0.25) is 23.6 Å². The molecule has 0 bridgehead atoms. The van der Waals surface area contributed by atoms with E-state index in [1.165, 1.54) is 11.6 Å². The molecule has 1 aliphatic rings. The maximum Gasteiger partial charge on any atom is 0.244 e. The Labute approximate surface area is 238 Å². The van der Waals surface area contributed by atoms with Gasteiger partial charge in [-0.2, -0.15) is 0 Å². The van der Waals surface area contributed by atoms with E-state index in [1.54, 1.807) is 6.08 Å². The number of carbonyl (C=O) groups excluding carboxylic acids is 5. The van der Waals surface area contributed by atoms with Crippen molar-refractivity contribution in [3.8, 4) is 0 Å². The molecule has 0 saturated carbocycles. The summed E-state index contributed by atoms with van der Waals surface area (Å²) in [6.45, 7) is 12.3. The lowest BCUT2D eigenvalue weighted by molar-refractivity contribution is -0.133. The molecule has 4 amide bonds. The van der Waals surface area contributed by atoms with E-state index in [2.05, 4.69) is 35.1 Å². The van der Waals surface area contributed by atoms with E-state index in [9.17, 15) is 24.0 Å². The van der Waals surface area contributed by atoms with E-state index in [1.807, 2.05) is 52.0 Å². The number of carbonyl (C=O) groups is 5. The lowest BCUT2D eigenvalue weighted by Crippen LogP contribution is -2.56. The Morgan fingerprint density at radius 3 is 2.20 bits per heavy atom. The zero-order valence-corrected chi connectivity index (χ0v) is 24.7. The predicted octanol–water partition coefficient (Wildman–Crippen LogP) is 3.09. The molecular formula is C31H46N4O5. The molecule has 0 aromatic heterocycles. The molecule has 0 spiro atoms. The van der Waals surface area contributed by atoms with Gasteiger partial charge in [-0.15, -0.1) is 0 Å². The molecule has 0 unspecified atom stereocenters. The molecule has 220 valence electrons. The second kappa shape index (κ2) is 15.9. The standard InChI is InChI=1S/C31H46N4O5/c1-19(2)16-26(30(39)33-25(18-36)17-24-8-7-15-32-29(24)38)34-31(40)28(21(5)6)35-27(37)14-11-22-9-12-23(13-10-22)20(3)4/h9-14,18-21,24-26,28H,7-8,15-17H2,1-6H3,(H,32,38)(H,33,39)(H,34,40)(H,35,37)/b14-11+/t24-,25-,26-,28-/m0/s1. The number of benzene rings is 1. The lowest BCUT2D eigenvalue weighted by Gasteiger charge is -2.28. The number of hydrogen-bond donors (Lipinski definition) is 4. The Morgan fingerprint density at radius 2 is 1.65 bits per heavy atom. The first-order valence-corrected chi connectivity index (χ1v) is 14.3. The van der Waals surface area contributed by atoms with Gasteiger partial charge in [-0.1, -0.05) is 65.8 Å². The molecule has 0 radical (unpaired) electrons. The average molecular weight is 555 g/mol. The van der Waals surface area contributed by atoms with Crippen LogP contribution >= 0.6 is 0 Å². The molecular weight excluding hydrogens is 508 g/mol. The maximum atomic E-state index is 13.3. The van der Waals surface area contributed by atoms with Crippen molar-refractivity contribution in [3.63, 3.8) is 0 Å². The van der Waals surface area contributed by atoms with Crippen LogP contribution in [0.25, 0.3) is 6.08 Å². The third kappa shape index (κ3) is 10.6. The van der Waals surface area contributed by atoms with Gasteiger partial charge < -0.3 is 26.1 Å².